The van der Waals surface area contributed by atoms with E-state index in [9.17, 15) is 9.59 Å². The Hall–Kier alpha value is -3.87. The Morgan fingerprint density at radius 2 is 1.90 bits per heavy atom. The number of hydrogen-bond acceptors (Lipinski definition) is 4. The second kappa shape index (κ2) is 9.36. The van der Waals surface area contributed by atoms with Crippen LogP contribution in [0.1, 0.15) is 16.8 Å². The van der Waals surface area contributed by atoms with E-state index in [1.165, 1.54) is 6.08 Å². The van der Waals surface area contributed by atoms with Crippen molar-refractivity contribution < 1.29 is 14.3 Å². The van der Waals surface area contributed by atoms with Crippen molar-refractivity contribution in [1.29, 1.82) is 0 Å². The molecule has 0 unspecified atom stereocenters. The highest BCUT2D eigenvalue weighted by Crippen LogP contribution is 2.20. The third kappa shape index (κ3) is 5.10. The molecule has 0 saturated heterocycles. The van der Waals surface area contributed by atoms with Gasteiger partial charge in [0.1, 0.15) is 5.75 Å². The number of carbonyl (C=O) groups is 2. The van der Waals surface area contributed by atoms with Crippen LogP contribution < -0.4 is 15.5 Å². The van der Waals surface area contributed by atoms with E-state index in [0.717, 1.165) is 27.7 Å². The standard InChI is InChI=1S/C22H22N4O3/c1-15-18(17-8-4-5-9-19(17)25-15)13-24-26-22(28)14-23-21(27)12-11-16-7-3-6-10-20(16)29-2/h3-13,25H,14H2,1-2H3,(H,23,27)(H,26,28). The second-order valence-electron chi connectivity index (χ2n) is 6.30. The SMILES string of the molecule is COc1ccccc1C=CC(=O)NCC(=O)NN=Cc1c(C)[nH]c2ccccc12. The number of aromatic nitrogens is 1. The number of hydrogen-bond donors (Lipinski definition) is 3. The van der Waals surface area contributed by atoms with Crippen LogP contribution in [0.15, 0.2) is 59.7 Å². The number of rotatable bonds is 7. The quantitative estimate of drug-likeness (QED) is 0.329. The summed E-state index contributed by atoms with van der Waals surface area (Å²) < 4.78 is 5.22. The Labute approximate surface area is 168 Å². The molecule has 0 spiro atoms. The fraction of sp³-hybridized carbons (Fsp3) is 0.136. The zero-order chi connectivity index (χ0) is 20.6. The number of aromatic amines is 1. The summed E-state index contributed by atoms with van der Waals surface area (Å²) in [6, 6.07) is 15.2. The number of nitrogens with one attached hydrogen (secondary N) is 3. The second-order valence-corrected chi connectivity index (χ2v) is 6.30. The van der Waals surface area contributed by atoms with Gasteiger partial charge in [0.25, 0.3) is 5.91 Å². The molecule has 0 bridgehead atoms. The van der Waals surface area contributed by atoms with Gasteiger partial charge < -0.3 is 15.0 Å². The molecule has 7 heteroatoms. The van der Waals surface area contributed by atoms with Gasteiger partial charge in [-0.15, -0.1) is 0 Å². The van der Waals surface area contributed by atoms with E-state index < -0.39 is 5.91 Å². The minimum Gasteiger partial charge on any atom is -0.496 e. The van der Waals surface area contributed by atoms with Crippen LogP contribution in [0.3, 0.4) is 0 Å². The van der Waals surface area contributed by atoms with Crippen molar-refractivity contribution >= 4 is 35.0 Å². The summed E-state index contributed by atoms with van der Waals surface area (Å²) >= 11 is 0. The summed E-state index contributed by atoms with van der Waals surface area (Å²) in [6.07, 6.45) is 4.57. The number of ether oxygens (including phenoxy) is 1. The van der Waals surface area contributed by atoms with Crippen LogP contribution >= 0.6 is 0 Å². The van der Waals surface area contributed by atoms with Crippen LogP contribution in [-0.4, -0.2) is 36.7 Å². The van der Waals surface area contributed by atoms with Crippen molar-refractivity contribution in [2.75, 3.05) is 13.7 Å². The summed E-state index contributed by atoms with van der Waals surface area (Å²) in [7, 11) is 1.56. The van der Waals surface area contributed by atoms with Crippen molar-refractivity contribution in [3.8, 4) is 5.75 Å². The molecule has 7 nitrogen and oxygen atoms in total. The number of methoxy groups -OCH3 is 1. The van der Waals surface area contributed by atoms with E-state index in [0.29, 0.717) is 5.75 Å². The molecule has 1 heterocycles. The van der Waals surface area contributed by atoms with E-state index >= 15 is 0 Å². The van der Waals surface area contributed by atoms with Crippen molar-refractivity contribution in [2.24, 2.45) is 5.10 Å². The maximum absolute atomic E-state index is 11.9. The lowest BCUT2D eigenvalue weighted by Crippen LogP contribution is -2.34. The van der Waals surface area contributed by atoms with Gasteiger partial charge in [0.15, 0.2) is 0 Å². The Balaban J connectivity index is 1.50. The Morgan fingerprint density at radius 3 is 2.72 bits per heavy atom. The summed E-state index contributed by atoms with van der Waals surface area (Å²) in [5.74, 6) is -0.142. The van der Waals surface area contributed by atoms with Gasteiger partial charge in [-0.05, 0) is 25.1 Å². The highest BCUT2D eigenvalue weighted by molar-refractivity contribution is 6.01. The average Bonchev–Trinajstić information content (AvgIpc) is 3.06. The average molecular weight is 390 g/mol. The molecule has 2 aromatic carbocycles. The molecule has 0 aliphatic rings. The summed E-state index contributed by atoms with van der Waals surface area (Å²) in [4.78, 5) is 27.1. The van der Waals surface area contributed by atoms with Gasteiger partial charge in [0.05, 0.1) is 19.9 Å². The summed E-state index contributed by atoms with van der Waals surface area (Å²) in [5.41, 5.74) is 6.06. The zero-order valence-electron chi connectivity index (χ0n) is 16.2. The van der Waals surface area contributed by atoms with Crippen LogP contribution in [0.2, 0.25) is 0 Å². The number of H-pyrrole nitrogens is 1. The van der Waals surface area contributed by atoms with Crippen LogP contribution in [0, 0.1) is 6.92 Å². The van der Waals surface area contributed by atoms with Gasteiger partial charge in [-0.1, -0.05) is 36.4 Å². The van der Waals surface area contributed by atoms with Crippen LogP contribution in [0.25, 0.3) is 17.0 Å². The fourth-order valence-electron chi connectivity index (χ4n) is 2.87. The predicted molar refractivity (Wildman–Crippen MR) is 114 cm³/mol. The normalized spacial score (nSPS) is 11.2. The maximum Gasteiger partial charge on any atom is 0.259 e. The first kappa shape index (κ1) is 19.9. The van der Waals surface area contributed by atoms with Crippen molar-refractivity contribution in [1.82, 2.24) is 15.7 Å². The lowest BCUT2D eigenvalue weighted by atomic mass is 10.1. The van der Waals surface area contributed by atoms with Crippen molar-refractivity contribution in [3.63, 3.8) is 0 Å². The fourth-order valence-corrected chi connectivity index (χ4v) is 2.87. The zero-order valence-corrected chi connectivity index (χ0v) is 16.2. The van der Waals surface area contributed by atoms with E-state index in [1.54, 1.807) is 25.5 Å². The molecule has 0 aliphatic carbocycles. The number of para-hydroxylation sites is 2. The predicted octanol–water partition coefficient (Wildman–Crippen LogP) is 2.76. The third-order valence-electron chi connectivity index (χ3n) is 4.30. The van der Waals surface area contributed by atoms with Crippen molar-refractivity contribution in [2.45, 2.75) is 6.92 Å². The molecule has 0 saturated carbocycles. The molecule has 3 aromatic rings. The van der Waals surface area contributed by atoms with Gasteiger partial charge in [0.2, 0.25) is 5.91 Å². The van der Waals surface area contributed by atoms with Gasteiger partial charge in [-0.2, -0.15) is 5.10 Å². The number of nitrogens with zero attached hydrogens (tertiary/aromatic N) is 1. The number of benzene rings is 2. The highest BCUT2D eigenvalue weighted by Gasteiger charge is 2.06. The first-order chi connectivity index (χ1) is 14.1. The largest absolute Gasteiger partial charge is 0.496 e. The number of aryl methyl sites for hydroxylation is 1. The minimum atomic E-state index is -0.419. The maximum atomic E-state index is 11.9. The number of fused-ring (bicyclic) bond motifs is 1. The van der Waals surface area contributed by atoms with Crippen LogP contribution in [-0.2, 0) is 9.59 Å². The molecule has 0 radical (unpaired) electrons. The number of hydrazone groups is 1. The van der Waals surface area contributed by atoms with E-state index in [1.807, 2.05) is 49.4 Å². The van der Waals surface area contributed by atoms with E-state index in [2.05, 4.69) is 20.8 Å². The van der Waals surface area contributed by atoms with Gasteiger partial charge in [-0.25, -0.2) is 5.43 Å². The molecule has 1 aromatic heterocycles. The topological polar surface area (TPSA) is 95.6 Å². The summed E-state index contributed by atoms with van der Waals surface area (Å²) in [6.45, 7) is 1.76. The first-order valence-electron chi connectivity index (χ1n) is 9.06. The molecule has 29 heavy (non-hydrogen) atoms. The molecular formula is C22H22N4O3. The van der Waals surface area contributed by atoms with Crippen molar-refractivity contribution in [3.05, 3.63) is 71.4 Å². The monoisotopic (exact) mass is 390 g/mol. The lowest BCUT2D eigenvalue weighted by molar-refractivity contribution is -0.123. The molecule has 3 N–H and O–H groups in total. The molecular weight excluding hydrogens is 368 g/mol. The van der Waals surface area contributed by atoms with Crippen LogP contribution in [0.4, 0.5) is 0 Å². The van der Waals surface area contributed by atoms with E-state index in [-0.39, 0.29) is 12.5 Å². The Morgan fingerprint density at radius 1 is 1.14 bits per heavy atom. The molecule has 0 atom stereocenters. The molecule has 2 amide bonds. The Kier molecular flexibility index (Phi) is 6.42. The first-order valence-corrected chi connectivity index (χ1v) is 9.06. The smallest absolute Gasteiger partial charge is 0.259 e. The van der Waals surface area contributed by atoms with Gasteiger partial charge >= 0.3 is 0 Å². The lowest BCUT2D eigenvalue weighted by Gasteiger charge is -2.04. The molecule has 148 valence electrons. The number of carbonyl (C=O) groups excluding carboxylic acids is 2. The molecule has 0 aliphatic heterocycles. The number of amides is 2. The highest BCUT2D eigenvalue weighted by atomic mass is 16.5. The van der Waals surface area contributed by atoms with Gasteiger partial charge in [-0.3, -0.25) is 9.59 Å². The van der Waals surface area contributed by atoms with Crippen LogP contribution in [0.5, 0.6) is 5.75 Å². The van der Waals surface area contributed by atoms with E-state index in [4.69, 9.17) is 4.74 Å². The molecule has 0 fully saturated rings. The Bertz CT molecular complexity index is 1080. The van der Waals surface area contributed by atoms with Gasteiger partial charge in [0, 0.05) is 33.8 Å². The minimum absolute atomic E-state index is 0.181. The third-order valence-corrected chi connectivity index (χ3v) is 4.30. The molecule has 3 rings (SSSR count). The summed E-state index contributed by atoms with van der Waals surface area (Å²) in [5, 5.41) is 7.53.